The Hall–Kier alpha value is -3.25. The molecule has 30 heavy (non-hydrogen) atoms. The van der Waals surface area contributed by atoms with Crippen LogP contribution in [-0.4, -0.2) is 21.8 Å². The van der Waals surface area contributed by atoms with Gasteiger partial charge in [0.1, 0.15) is 5.76 Å². The third-order valence-corrected chi connectivity index (χ3v) is 6.08. The maximum Gasteiger partial charge on any atom is 0.301 e. The maximum absolute atomic E-state index is 13.0. The van der Waals surface area contributed by atoms with Gasteiger partial charge in [0.15, 0.2) is 5.13 Å². The fourth-order valence-electron chi connectivity index (χ4n) is 3.61. The number of Topliss-reactive ketones (excluding diaryl/α,β-unsaturated/α-hetero) is 1. The van der Waals surface area contributed by atoms with Crippen LogP contribution >= 0.6 is 11.3 Å². The lowest BCUT2D eigenvalue weighted by Gasteiger charge is -2.23. The van der Waals surface area contributed by atoms with Crippen molar-refractivity contribution in [1.82, 2.24) is 4.98 Å². The normalized spacial score (nSPS) is 18.4. The summed E-state index contributed by atoms with van der Waals surface area (Å²) in [5.41, 5.74) is 3.53. The second-order valence-corrected chi connectivity index (χ2v) is 8.54. The summed E-state index contributed by atoms with van der Waals surface area (Å²) in [5, 5.41) is 13.2. The Labute approximate surface area is 179 Å². The number of anilines is 1. The Morgan fingerprint density at radius 1 is 1.07 bits per heavy atom. The molecule has 0 unspecified atom stereocenters. The zero-order valence-electron chi connectivity index (χ0n) is 17.0. The lowest BCUT2D eigenvalue weighted by molar-refractivity contribution is -0.132. The number of aromatic nitrogens is 1. The van der Waals surface area contributed by atoms with E-state index >= 15 is 0 Å². The van der Waals surface area contributed by atoms with Gasteiger partial charge in [-0.1, -0.05) is 67.9 Å². The predicted molar refractivity (Wildman–Crippen MR) is 119 cm³/mol. The minimum atomic E-state index is -0.737. The average Bonchev–Trinajstić information content (AvgIpc) is 3.35. The van der Waals surface area contributed by atoms with Crippen LogP contribution in [0.25, 0.3) is 5.76 Å². The molecule has 1 fully saturated rings. The van der Waals surface area contributed by atoms with E-state index in [2.05, 4.69) is 18.8 Å². The topological polar surface area (TPSA) is 70.5 Å². The molecular weight excluding hydrogens is 396 g/mol. The summed E-state index contributed by atoms with van der Waals surface area (Å²) in [4.78, 5) is 31.6. The fourth-order valence-corrected chi connectivity index (χ4v) is 4.28. The number of aryl methyl sites for hydroxylation is 1. The molecule has 0 spiro atoms. The van der Waals surface area contributed by atoms with Crippen LogP contribution in [-0.2, 0) is 9.59 Å². The molecule has 0 saturated carbocycles. The van der Waals surface area contributed by atoms with Crippen molar-refractivity contribution in [3.05, 3.63) is 87.9 Å². The smallest absolute Gasteiger partial charge is 0.301 e. The van der Waals surface area contributed by atoms with Crippen molar-refractivity contribution in [3.63, 3.8) is 0 Å². The molecule has 152 valence electrons. The molecule has 2 heterocycles. The molecule has 0 aliphatic carbocycles. The number of nitrogens with zero attached hydrogens (tertiary/aromatic N) is 2. The van der Waals surface area contributed by atoms with Crippen LogP contribution in [0.2, 0.25) is 0 Å². The second-order valence-electron chi connectivity index (χ2n) is 7.67. The molecule has 1 N–H and O–H groups in total. The van der Waals surface area contributed by atoms with Crippen molar-refractivity contribution in [1.29, 1.82) is 0 Å². The minimum Gasteiger partial charge on any atom is -0.507 e. The molecule has 1 saturated heterocycles. The molecule has 4 rings (SSSR count). The molecule has 1 atom stereocenters. The van der Waals surface area contributed by atoms with E-state index in [-0.39, 0.29) is 11.3 Å². The van der Waals surface area contributed by atoms with E-state index < -0.39 is 17.7 Å². The molecule has 1 aliphatic heterocycles. The zero-order valence-corrected chi connectivity index (χ0v) is 17.8. The summed E-state index contributed by atoms with van der Waals surface area (Å²) >= 11 is 1.28. The molecule has 5 nitrogen and oxygen atoms in total. The van der Waals surface area contributed by atoms with E-state index in [4.69, 9.17) is 0 Å². The lowest BCUT2D eigenvalue weighted by Crippen LogP contribution is -2.29. The molecule has 3 aromatic rings. The van der Waals surface area contributed by atoms with Gasteiger partial charge in [-0.25, -0.2) is 4.98 Å². The number of amides is 1. The van der Waals surface area contributed by atoms with Gasteiger partial charge in [-0.2, -0.15) is 0 Å². The highest BCUT2D eigenvalue weighted by Gasteiger charge is 2.47. The van der Waals surface area contributed by atoms with Crippen molar-refractivity contribution in [2.45, 2.75) is 32.7 Å². The van der Waals surface area contributed by atoms with Crippen molar-refractivity contribution >= 4 is 33.9 Å². The standard InChI is InChI=1S/C24H22N2O3S/c1-14(2)16-8-10-17(11-9-16)20-19(21(27)18-6-4-15(3)5-7-18)22(28)23(29)26(20)24-25-12-13-30-24/h4-14,20,27H,1-3H3/t20-/m1/s1. The number of benzene rings is 2. The van der Waals surface area contributed by atoms with Crippen LogP contribution in [0.1, 0.15) is 48.1 Å². The van der Waals surface area contributed by atoms with Crippen LogP contribution in [0.3, 0.4) is 0 Å². The minimum absolute atomic E-state index is 0.0800. The van der Waals surface area contributed by atoms with E-state index in [1.54, 1.807) is 23.7 Å². The number of carbonyl (C=O) groups is 2. The van der Waals surface area contributed by atoms with Crippen LogP contribution in [0.5, 0.6) is 0 Å². The maximum atomic E-state index is 13.0. The summed E-state index contributed by atoms with van der Waals surface area (Å²) in [7, 11) is 0. The van der Waals surface area contributed by atoms with Gasteiger partial charge in [0.25, 0.3) is 5.78 Å². The quantitative estimate of drug-likeness (QED) is 0.359. The number of hydrogen-bond acceptors (Lipinski definition) is 5. The van der Waals surface area contributed by atoms with Crippen molar-refractivity contribution in [3.8, 4) is 0 Å². The average molecular weight is 419 g/mol. The van der Waals surface area contributed by atoms with E-state index in [1.165, 1.54) is 16.2 Å². The summed E-state index contributed by atoms with van der Waals surface area (Å²) in [6.07, 6.45) is 1.60. The Bertz CT molecular complexity index is 1110. The van der Waals surface area contributed by atoms with Crippen LogP contribution in [0.15, 0.2) is 65.7 Å². The highest BCUT2D eigenvalue weighted by atomic mass is 32.1. The Kier molecular flexibility index (Phi) is 5.26. The predicted octanol–water partition coefficient (Wildman–Crippen LogP) is 5.20. The first-order chi connectivity index (χ1) is 14.4. The number of thiazole rings is 1. The summed E-state index contributed by atoms with van der Waals surface area (Å²) in [6.45, 7) is 6.16. The van der Waals surface area contributed by atoms with Crippen molar-refractivity contribution in [2.24, 2.45) is 0 Å². The van der Waals surface area contributed by atoms with Gasteiger partial charge in [0.2, 0.25) is 0 Å². The van der Waals surface area contributed by atoms with Gasteiger partial charge in [0, 0.05) is 17.1 Å². The van der Waals surface area contributed by atoms with Crippen LogP contribution < -0.4 is 4.90 Å². The third kappa shape index (κ3) is 3.44. The first-order valence-electron chi connectivity index (χ1n) is 9.76. The number of hydrogen-bond donors (Lipinski definition) is 1. The summed E-state index contributed by atoms with van der Waals surface area (Å²) in [5.74, 6) is -1.21. The summed E-state index contributed by atoms with van der Waals surface area (Å²) < 4.78 is 0. The lowest BCUT2D eigenvalue weighted by atomic mass is 9.93. The van der Waals surface area contributed by atoms with E-state index in [1.807, 2.05) is 43.3 Å². The van der Waals surface area contributed by atoms with Gasteiger partial charge < -0.3 is 5.11 Å². The van der Waals surface area contributed by atoms with Gasteiger partial charge in [-0.05, 0) is 24.0 Å². The highest BCUT2D eigenvalue weighted by Crippen LogP contribution is 2.42. The molecule has 0 bridgehead atoms. The van der Waals surface area contributed by atoms with E-state index in [0.29, 0.717) is 16.6 Å². The number of rotatable bonds is 4. The fraction of sp³-hybridized carbons (Fsp3) is 0.208. The van der Waals surface area contributed by atoms with Crippen molar-refractivity contribution in [2.75, 3.05) is 4.90 Å². The largest absolute Gasteiger partial charge is 0.507 e. The molecule has 2 aromatic carbocycles. The van der Waals surface area contributed by atoms with E-state index in [9.17, 15) is 14.7 Å². The first kappa shape index (κ1) is 20.0. The van der Waals surface area contributed by atoms with Crippen molar-refractivity contribution < 1.29 is 14.7 Å². The number of carbonyl (C=O) groups excluding carboxylic acids is 2. The van der Waals surface area contributed by atoms with Gasteiger partial charge in [-0.3, -0.25) is 14.5 Å². The number of aliphatic hydroxyl groups is 1. The Balaban J connectivity index is 1.90. The molecule has 1 aromatic heterocycles. The van der Waals surface area contributed by atoms with Crippen LogP contribution in [0, 0.1) is 6.92 Å². The second kappa shape index (κ2) is 7.88. The summed E-state index contributed by atoms with van der Waals surface area (Å²) in [6, 6.07) is 14.3. The third-order valence-electron chi connectivity index (χ3n) is 5.31. The number of ketones is 1. The molecule has 1 aliphatic rings. The van der Waals surface area contributed by atoms with Gasteiger partial charge in [-0.15, -0.1) is 11.3 Å². The molecule has 0 radical (unpaired) electrons. The molecule has 6 heteroatoms. The first-order valence-corrected chi connectivity index (χ1v) is 10.6. The Morgan fingerprint density at radius 3 is 2.30 bits per heavy atom. The SMILES string of the molecule is Cc1ccc(C(O)=C2C(=O)C(=O)N(c3nccs3)[C@@H]2c2ccc(C(C)C)cc2)cc1. The van der Waals surface area contributed by atoms with Crippen LogP contribution in [0.4, 0.5) is 5.13 Å². The monoisotopic (exact) mass is 418 g/mol. The van der Waals surface area contributed by atoms with Gasteiger partial charge in [0.05, 0.1) is 11.6 Å². The number of aliphatic hydroxyl groups excluding tert-OH is 1. The Morgan fingerprint density at radius 2 is 1.73 bits per heavy atom. The van der Waals surface area contributed by atoms with Gasteiger partial charge >= 0.3 is 5.91 Å². The zero-order chi connectivity index (χ0) is 21.4. The molecular formula is C24H22N2O3S. The highest BCUT2D eigenvalue weighted by molar-refractivity contribution is 7.14. The van der Waals surface area contributed by atoms with E-state index in [0.717, 1.165) is 16.7 Å². The molecule has 1 amide bonds.